The molecule has 15 heavy (non-hydrogen) atoms. The molecule has 1 N–H and O–H groups in total. The fraction of sp³-hybridized carbons (Fsp3) is 0.200. The smallest absolute Gasteiger partial charge is 0.246 e. The van der Waals surface area contributed by atoms with Gasteiger partial charge in [0.25, 0.3) is 0 Å². The number of hydrogen-bond acceptors (Lipinski definition) is 3. The molecule has 0 radical (unpaired) electrons. The van der Waals surface area contributed by atoms with E-state index in [4.69, 9.17) is 16.9 Å². The molecule has 3 nitrogen and oxygen atoms in total. The van der Waals surface area contributed by atoms with E-state index in [-0.39, 0.29) is 11.2 Å². The van der Waals surface area contributed by atoms with Crippen molar-refractivity contribution in [3.63, 3.8) is 0 Å². The van der Waals surface area contributed by atoms with Crippen molar-refractivity contribution in [2.75, 3.05) is 0 Å². The van der Waals surface area contributed by atoms with Gasteiger partial charge in [0.2, 0.25) is 5.91 Å². The number of benzene rings is 1. The Balaban J connectivity index is 2.59. The van der Waals surface area contributed by atoms with Crippen LogP contribution < -0.4 is 5.32 Å². The first-order valence-corrected chi connectivity index (χ1v) is 5.50. The Morgan fingerprint density at radius 1 is 1.53 bits per heavy atom. The van der Waals surface area contributed by atoms with Crippen LogP contribution in [0.5, 0.6) is 0 Å². The van der Waals surface area contributed by atoms with Crippen molar-refractivity contribution >= 4 is 29.3 Å². The second-order valence-corrected chi connectivity index (χ2v) is 4.67. The average molecular weight is 241 g/mol. The van der Waals surface area contributed by atoms with E-state index in [9.17, 15) is 4.79 Å². The molecule has 0 aliphatic carbocycles. The van der Waals surface area contributed by atoms with Gasteiger partial charge >= 0.3 is 0 Å². The lowest BCUT2D eigenvalue weighted by atomic mass is 10.4. The molecule has 1 unspecified atom stereocenters. The van der Waals surface area contributed by atoms with Crippen LogP contribution in [0.4, 0.5) is 0 Å². The van der Waals surface area contributed by atoms with Crippen molar-refractivity contribution in [2.24, 2.45) is 0 Å². The van der Waals surface area contributed by atoms with Gasteiger partial charge in [-0.3, -0.25) is 10.1 Å². The molecule has 1 aromatic carbocycles. The molecule has 1 amide bonds. The molecule has 0 saturated carbocycles. The maximum Gasteiger partial charge on any atom is 0.246 e. The highest BCUT2D eigenvalue weighted by Gasteiger charge is 2.13. The predicted molar refractivity (Wildman–Crippen MR) is 60.5 cm³/mol. The third-order valence-electron chi connectivity index (χ3n) is 1.67. The third kappa shape index (κ3) is 3.82. The predicted octanol–water partition coefficient (Wildman–Crippen LogP) is 2.42. The lowest BCUT2D eigenvalue weighted by Crippen LogP contribution is -2.26. The van der Waals surface area contributed by atoms with E-state index in [0.29, 0.717) is 5.02 Å². The van der Waals surface area contributed by atoms with Crippen molar-refractivity contribution in [3.05, 3.63) is 29.3 Å². The van der Waals surface area contributed by atoms with Gasteiger partial charge in [0.1, 0.15) is 0 Å². The minimum absolute atomic E-state index is 0.294. The summed E-state index contributed by atoms with van der Waals surface area (Å²) in [6.07, 6.45) is 1.61. The molecule has 0 spiro atoms. The number of rotatable bonds is 3. The Bertz CT molecular complexity index is 385. The quantitative estimate of drug-likeness (QED) is 0.502. The minimum atomic E-state index is -0.300. The van der Waals surface area contributed by atoms with Gasteiger partial charge in [-0.15, -0.1) is 11.8 Å². The normalized spacial score (nSPS) is 11.5. The standard InChI is InChI=1S/C10H9ClN2OS/c1-7(10(14)13-6-12)15-9-4-2-8(11)3-5-9/h2-5,7H,1H3,(H,13,14). The second kappa shape index (κ2) is 5.64. The van der Waals surface area contributed by atoms with Crippen molar-refractivity contribution < 1.29 is 4.79 Å². The molecule has 1 rings (SSSR count). The first-order valence-electron chi connectivity index (χ1n) is 4.24. The number of nitrogens with zero attached hydrogens (tertiary/aromatic N) is 1. The zero-order valence-corrected chi connectivity index (χ0v) is 9.60. The van der Waals surface area contributed by atoms with Crippen LogP contribution in [-0.4, -0.2) is 11.2 Å². The van der Waals surface area contributed by atoms with E-state index in [0.717, 1.165) is 4.90 Å². The monoisotopic (exact) mass is 240 g/mol. The van der Waals surface area contributed by atoms with Crippen LogP contribution in [0.25, 0.3) is 0 Å². The van der Waals surface area contributed by atoms with Crippen molar-refractivity contribution in [1.82, 2.24) is 5.32 Å². The van der Waals surface area contributed by atoms with Gasteiger partial charge in [-0.05, 0) is 31.2 Å². The van der Waals surface area contributed by atoms with Crippen LogP contribution in [0.1, 0.15) is 6.92 Å². The zero-order valence-electron chi connectivity index (χ0n) is 8.03. The highest BCUT2D eigenvalue weighted by Crippen LogP contribution is 2.24. The van der Waals surface area contributed by atoms with Gasteiger partial charge in [-0.1, -0.05) is 11.6 Å². The molecule has 0 heterocycles. The molecule has 5 heteroatoms. The number of thioether (sulfide) groups is 1. The van der Waals surface area contributed by atoms with Crippen molar-refractivity contribution in [3.8, 4) is 6.19 Å². The number of carbonyl (C=O) groups excluding carboxylic acids is 1. The maximum atomic E-state index is 11.2. The van der Waals surface area contributed by atoms with E-state index in [2.05, 4.69) is 5.32 Å². The molecular weight excluding hydrogens is 232 g/mol. The summed E-state index contributed by atoms with van der Waals surface area (Å²) in [6, 6.07) is 7.20. The van der Waals surface area contributed by atoms with Gasteiger partial charge in [-0.25, -0.2) is 0 Å². The summed E-state index contributed by atoms with van der Waals surface area (Å²) in [5, 5.41) is 10.7. The molecule has 1 aromatic rings. The molecule has 78 valence electrons. The highest BCUT2D eigenvalue weighted by atomic mass is 35.5. The van der Waals surface area contributed by atoms with Gasteiger partial charge in [-0.2, -0.15) is 5.26 Å². The lowest BCUT2D eigenvalue weighted by molar-refractivity contribution is -0.119. The molecule has 0 aliphatic heterocycles. The van der Waals surface area contributed by atoms with E-state index >= 15 is 0 Å². The SMILES string of the molecule is CC(Sc1ccc(Cl)cc1)C(=O)NC#N. The fourth-order valence-electron chi connectivity index (χ4n) is 0.928. The van der Waals surface area contributed by atoms with E-state index in [1.54, 1.807) is 25.2 Å². The molecule has 0 aromatic heterocycles. The Labute approximate surface area is 97.4 Å². The minimum Gasteiger partial charge on any atom is -0.273 e. The first kappa shape index (κ1) is 11.9. The Morgan fingerprint density at radius 2 is 2.13 bits per heavy atom. The summed E-state index contributed by atoms with van der Waals surface area (Å²) < 4.78 is 0. The number of hydrogen-bond donors (Lipinski definition) is 1. The van der Waals surface area contributed by atoms with Crippen molar-refractivity contribution in [2.45, 2.75) is 17.1 Å². The molecule has 0 fully saturated rings. The fourth-order valence-corrected chi connectivity index (χ4v) is 1.92. The number of carbonyl (C=O) groups is 1. The van der Waals surface area contributed by atoms with Crippen LogP contribution in [-0.2, 0) is 4.79 Å². The Hall–Kier alpha value is -1.18. The largest absolute Gasteiger partial charge is 0.273 e. The summed E-state index contributed by atoms with van der Waals surface area (Å²) in [4.78, 5) is 12.2. The summed E-state index contributed by atoms with van der Waals surface area (Å²) in [5.41, 5.74) is 0. The van der Waals surface area contributed by atoms with E-state index in [1.807, 2.05) is 12.1 Å². The third-order valence-corrected chi connectivity index (χ3v) is 3.04. The molecule has 0 saturated heterocycles. The number of nitriles is 1. The van der Waals surface area contributed by atoms with Gasteiger partial charge < -0.3 is 0 Å². The van der Waals surface area contributed by atoms with Gasteiger partial charge in [0.15, 0.2) is 6.19 Å². The average Bonchev–Trinajstić information content (AvgIpc) is 2.22. The van der Waals surface area contributed by atoms with Gasteiger partial charge in [0, 0.05) is 9.92 Å². The molecule has 0 aliphatic rings. The number of amides is 1. The Kier molecular flexibility index (Phi) is 4.47. The van der Waals surface area contributed by atoms with Gasteiger partial charge in [0.05, 0.1) is 5.25 Å². The lowest BCUT2D eigenvalue weighted by Gasteiger charge is -2.07. The first-order chi connectivity index (χ1) is 7.13. The maximum absolute atomic E-state index is 11.2. The van der Waals surface area contributed by atoms with E-state index in [1.165, 1.54) is 11.8 Å². The highest BCUT2D eigenvalue weighted by molar-refractivity contribution is 8.00. The summed E-state index contributed by atoms with van der Waals surface area (Å²) in [7, 11) is 0. The van der Waals surface area contributed by atoms with Crippen LogP contribution in [0.2, 0.25) is 5.02 Å². The van der Waals surface area contributed by atoms with E-state index < -0.39 is 0 Å². The summed E-state index contributed by atoms with van der Waals surface area (Å²) >= 11 is 7.11. The Morgan fingerprint density at radius 3 is 2.67 bits per heavy atom. The molecule has 0 bridgehead atoms. The summed E-state index contributed by atoms with van der Waals surface area (Å²) in [5.74, 6) is -0.294. The van der Waals surface area contributed by atoms with Crippen LogP contribution in [0.15, 0.2) is 29.2 Å². The molecular formula is C10H9ClN2OS. The van der Waals surface area contributed by atoms with Crippen LogP contribution >= 0.6 is 23.4 Å². The summed E-state index contributed by atoms with van der Waals surface area (Å²) in [6.45, 7) is 1.74. The topological polar surface area (TPSA) is 52.9 Å². The molecule has 1 atom stereocenters. The zero-order chi connectivity index (χ0) is 11.3. The second-order valence-electron chi connectivity index (χ2n) is 2.82. The van der Waals surface area contributed by atoms with Crippen LogP contribution in [0, 0.1) is 11.5 Å². The van der Waals surface area contributed by atoms with Crippen LogP contribution in [0.3, 0.4) is 0 Å². The number of halogens is 1. The van der Waals surface area contributed by atoms with Crippen molar-refractivity contribution in [1.29, 1.82) is 5.26 Å². The number of nitrogens with one attached hydrogen (secondary N) is 1.